The van der Waals surface area contributed by atoms with E-state index in [9.17, 15) is 13.2 Å². The summed E-state index contributed by atoms with van der Waals surface area (Å²) in [6.45, 7) is 2.80. The fourth-order valence-corrected chi connectivity index (χ4v) is 4.14. The normalized spacial score (nSPS) is 12.4. The number of nitrogens with zero attached hydrogens (tertiary/aromatic N) is 1. The SMILES string of the molecule is CC(CNC(=O)CCCN(c1ccc(Br)c(Cl)c1)S(C)(=O)=O)c1ccccc1. The Balaban J connectivity index is 1.88. The highest BCUT2D eigenvalue weighted by atomic mass is 79.9. The van der Waals surface area contributed by atoms with Crippen molar-refractivity contribution in [3.05, 3.63) is 63.6 Å². The Labute approximate surface area is 180 Å². The number of rotatable bonds is 9. The van der Waals surface area contributed by atoms with Crippen molar-refractivity contribution in [2.24, 2.45) is 0 Å². The number of amides is 1. The lowest BCUT2D eigenvalue weighted by molar-refractivity contribution is -0.121. The van der Waals surface area contributed by atoms with Gasteiger partial charge in [-0.15, -0.1) is 0 Å². The molecular formula is C20H24BrClN2O3S. The molecule has 0 aromatic heterocycles. The Hall–Kier alpha value is -1.57. The molecule has 1 atom stereocenters. The van der Waals surface area contributed by atoms with Crippen LogP contribution in [0.15, 0.2) is 53.0 Å². The standard InChI is InChI=1S/C20H24BrClN2O3S/c1-15(16-7-4-3-5-8-16)14-23-20(25)9-6-12-24(28(2,26)27)17-10-11-18(21)19(22)13-17/h3-5,7-8,10-11,13,15H,6,9,12,14H2,1-2H3,(H,23,25). The highest BCUT2D eigenvalue weighted by Crippen LogP contribution is 2.28. The summed E-state index contributed by atoms with van der Waals surface area (Å²) in [6.07, 6.45) is 1.80. The van der Waals surface area contributed by atoms with E-state index in [0.717, 1.165) is 11.8 Å². The van der Waals surface area contributed by atoms with Crippen LogP contribution in [0.25, 0.3) is 0 Å². The quantitative estimate of drug-likeness (QED) is 0.563. The molecule has 1 N–H and O–H groups in total. The molecular weight excluding hydrogens is 464 g/mol. The number of carbonyl (C=O) groups excluding carboxylic acids is 1. The summed E-state index contributed by atoms with van der Waals surface area (Å²) in [5.74, 6) is 0.118. The highest BCUT2D eigenvalue weighted by Gasteiger charge is 2.18. The predicted molar refractivity (Wildman–Crippen MR) is 118 cm³/mol. The van der Waals surface area contributed by atoms with Crippen LogP contribution in [0.2, 0.25) is 5.02 Å². The molecule has 152 valence electrons. The number of anilines is 1. The van der Waals surface area contributed by atoms with Crippen LogP contribution in [0.3, 0.4) is 0 Å². The second kappa shape index (κ2) is 10.3. The molecule has 0 bridgehead atoms. The topological polar surface area (TPSA) is 66.5 Å². The number of sulfonamides is 1. The van der Waals surface area contributed by atoms with Gasteiger partial charge in [-0.3, -0.25) is 9.10 Å². The lowest BCUT2D eigenvalue weighted by atomic mass is 10.0. The first kappa shape index (κ1) is 22.7. The third-order valence-electron chi connectivity index (χ3n) is 4.33. The monoisotopic (exact) mass is 486 g/mol. The smallest absolute Gasteiger partial charge is 0.232 e. The summed E-state index contributed by atoms with van der Waals surface area (Å²) in [6, 6.07) is 14.9. The summed E-state index contributed by atoms with van der Waals surface area (Å²) >= 11 is 9.37. The molecule has 2 aromatic carbocycles. The molecule has 2 rings (SSSR count). The van der Waals surface area contributed by atoms with Gasteiger partial charge in [-0.05, 0) is 52.0 Å². The average molecular weight is 488 g/mol. The van der Waals surface area contributed by atoms with Crippen molar-refractivity contribution in [3.8, 4) is 0 Å². The maximum Gasteiger partial charge on any atom is 0.232 e. The molecule has 28 heavy (non-hydrogen) atoms. The van der Waals surface area contributed by atoms with Gasteiger partial charge < -0.3 is 5.32 Å². The first-order valence-corrected chi connectivity index (χ1v) is 11.9. The molecule has 1 amide bonds. The van der Waals surface area contributed by atoms with Gasteiger partial charge in [-0.1, -0.05) is 48.9 Å². The molecule has 0 radical (unpaired) electrons. The molecule has 0 fully saturated rings. The summed E-state index contributed by atoms with van der Waals surface area (Å²) in [5, 5.41) is 3.34. The zero-order valence-electron chi connectivity index (χ0n) is 15.9. The van der Waals surface area contributed by atoms with Crippen molar-refractivity contribution in [2.45, 2.75) is 25.7 Å². The largest absolute Gasteiger partial charge is 0.356 e. The van der Waals surface area contributed by atoms with Gasteiger partial charge in [0.15, 0.2) is 0 Å². The number of halogens is 2. The molecule has 0 heterocycles. The van der Waals surface area contributed by atoms with Gasteiger partial charge in [0.1, 0.15) is 0 Å². The van der Waals surface area contributed by atoms with E-state index in [1.807, 2.05) is 30.3 Å². The van der Waals surface area contributed by atoms with Crippen LogP contribution in [-0.4, -0.2) is 33.7 Å². The van der Waals surface area contributed by atoms with E-state index >= 15 is 0 Å². The van der Waals surface area contributed by atoms with E-state index in [4.69, 9.17) is 11.6 Å². The number of nitrogens with one attached hydrogen (secondary N) is 1. The van der Waals surface area contributed by atoms with Crippen LogP contribution in [0, 0.1) is 0 Å². The number of carbonyl (C=O) groups is 1. The number of hydrogen-bond acceptors (Lipinski definition) is 3. The Kier molecular flexibility index (Phi) is 8.34. The minimum absolute atomic E-state index is 0.0925. The Morgan fingerprint density at radius 1 is 1.21 bits per heavy atom. The molecule has 5 nitrogen and oxygen atoms in total. The van der Waals surface area contributed by atoms with Crippen LogP contribution in [0.1, 0.15) is 31.2 Å². The van der Waals surface area contributed by atoms with Gasteiger partial charge in [-0.25, -0.2) is 8.42 Å². The highest BCUT2D eigenvalue weighted by molar-refractivity contribution is 9.10. The van der Waals surface area contributed by atoms with Gasteiger partial charge in [0.05, 0.1) is 17.0 Å². The fourth-order valence-electron chi connectivity index (χ4n) is 2.76. The second-order valence-corrected chi connectivity index (χ2v) is 9.82. The lowest BCUT2D eigenvalue weighted by Crippen LogP contribution is -2.32. The zero-order valence-corrected chi connectivity index (χ0v) is 19.0. The number of benzene rings is 2. The minimum atomic E-state index is -3.48. The van der Waals surface area contributed by atoms with Gasteiger partial charge in [-0.2, -0.15) is 0 Å². The molecule has 1 unspecified atom stereocenters. The molecule has 0 aliphatic heterocycles. The van der Waals surface area contributed by atoms with Gasteiger partial charge in [0.25, 0.3) is 0 Å². The van der Waals surface area contributed by atoms with E-state index < -0.39 is 10.0 Å². The maximum atomic E-state index is 12.1. The van der Waals surface area contributed by atoms with Crippen LogP contribution >= 0.6 is 27.5 Å². The molecule has 0 aliphatic carbocycles. The summed E-state index contributed by atoms with van der Waals surface area (Å²) in [5.41, 5.74) is 1.65. The van der Waals surface area contributed by atoms with Gasteiger partial charge in [0, 0.05) is 24.0 Å². The molecule has 8 heteroatoms. The summed E-state index contributed by atoms with van der Waals surface area (Å²) in [4.78, 5) is 12.1. The van der Waals surface area contributed by atoms with E-state index in [-0.39, 0.29) is 24.8 Å². The molecule has 2 aromatic rings. The molecule has 0 saturated carbocycles. The fraction of sp³-hybridized carbons (Fsp3) is 0.350. The van der Waals surface area contributed by atoms with Crippen molar-refractivity contribution in [3.63, 3.8) is 0 Å². The van der Waals surface area contributed by atoms with E-state index in [0.29, 0.717) is 28.1 Å². The summed E-state index contributed by atoms with van der Waals surface area (Å²) in [7, 11) is -3.48. The Morgan fingerprint density at radius 2 is 1.89 bits per heavy atom. The molecule has 0 spiro atoms. The molecule has 0 saturated heterocycles. The summed E-state index contributed by atoms with van der Waals surface area (Å²) < 4.78 is 26.3. The third-order valence-corrected chi connectivity index (χ3v) is 6.76. The predicted octanol–water partition coefficient (Wildman–Crippen LogP) is 4.57. The third kappa shape index (κ3) is 6.79. The Bertz CT molecular complexity index is 907. The van der Waals surface area contributed by atoms with Crippen LogP contribution < -0.4 is 9.62 Å². The first-order valence-electron chi connectivity index (χ1n) is 8.93. The van der Waals surface area contributed by atoms with Gasteiger partial charge >= 0.3 is 0 Å². The Morgan fingerprint density at radius 3 is 2.50 bits per heavy atom. The van der Waals surface area contributed by atoms with Crippen molar-refractivity contribution in [1.82, 2.24) is 5.32 Å². The van der Waals surface area contributed by atoms with Crippen molar-refractivity contribution >= 4 is 49.1 Å². The maximum absolute atomic E-state index is 12.1. The number of hydrogen-bond donors (Lipinski definition) is 1. The minimum Gasteiger partial charge on any atom is -0.356 e. The second-order valence-electron chi connectivity index (χ2n) is 6.65. The first-order chi connectivity index (χ1) is 13.2. The van der Waals surface area contributed by atoms with Crippen LogP contribution in [-0.2, 0) is 14.8 Å². The van der Waals surface area contributed by atoms with Crippen LogP contribution in [0.5, 0.6) is 0 Å². The van der Waals surface area contributed by atoms with Crippen LogP contribution in [0.4, 0.5) is 5.69 Å². The van der Waals surface area contributed by atoms with Crippen molar-refractivity contribution in [2.75, 3.05) is 23.7 Å². The van der Waals surface area contributed by atoms with Crippen molar-refractivity contribution < 1.29 is 13.2 Å². The van der Waals surface area contributed by atoms with E-state index in [2.05, 4.69) is 28.2 Å². The molecule has 0 aliphatic rings. The lowest BCUT2D eigenvalue weighted by Gasteiger charge is -2.22. The average Bonchev–Trinajstić information content (AvgIpc) is 2.65. The zero-order chi connectivity index (χ0) is 20.7. The van der Waals surface area contributed by atoms with E-state index in [1.165, 1.54) is 4.31 Å². The van der Waals surface area contributed by atoms with E-state index in [1.54, 1.807) is 18.2 Å². The van der Waals surface area contributed by atoms with Crippen molar-refractivity contribution in [1.29, 1.82) is 0 Å². The van der Waals surface area contributed by atoms with Gasteiger partial charge in [0.2, 0.25) is 15.9 Å².